The number of fused-ring (bicyclic) bond motifs is 4. The highest BCUT2D eigenvalue weighted by molar-refractivity contribution is 6.03. The van der Waals surface area contributed by atoms with Gasteiger partial charge in [-0.15, -0.1) is 0 Å². The van der Waals surface area contributed by atoms with Crippen molar-refractivity contribution in [1.29, 1.82) is 0 Å². The van der Waals surface area contributed by atoms with Crippen molar-refractivity contribution in [2.24, 2.45) is 22.7 Å². The highest BCUT2D eigenvalue weighted by Gasteiger charge is 2.78. The second kappa shape index (κ2) is 2.88. The lowest BCUT2D eigenvalue weighted by Crippen LogP contribution is -2.64. The number of cyclic esters (lactones) is 2. The molecule has 1 saturated heterocycles. The highest BCUT2D eigenvalue weighted by atomic mass is 16.6. The zero-order chi connectivity index (χ0) is 11.6. The summed E-state index contributed by atoms with van der Waals surface area (Å²) in [7, 11) is 0. The Kier molecular flexibility index (Phi) is 1.85. The largest absolute Gasteiger partial charge is 0.392 e. The summed E-state index contributed by atoms with van der Waals surface area (Å²) in [5, 5.41) is 0. The summed E-state index contributed by atoms with van der Waals surface area (Å²) in [6, 6.07) is 0. The molecule has 3 rings (SSSR count). The van der Waals surface area contributed by atoms with E-state index < -0.39 is 10.8 Å². The lowest BCUT2D eigenvalue weighted by molar-refractivity contribution is -0.184. The Labute approximate surface area is 95.5 Å². The van der Waals surface area contributed by atoms with Gasteiger partial charge in [0, 0.05) is 0 Å². The molecular weight excluding hydrogens is 204 g/mol. The van der Waals surface area contributed by atoms with Gasteiger partial charge in [0.05, 0.1) is 10.8 Å². The van der Waals surface area contributed by atoms with Crippen molar-refractivity contribution in [3.8, 4) is 0 Å². The monoisotopic (exact) mass is 222 g/mol. The minimum atomic E-state index is -0.529. The first kappa shape index (κ1) is 10.3. The maximum Gasteiger partial charge on any atom is 0.320 e. The van der Waals surface area contributed by atoms with Gasteiger partial charge < -0.3 is 4.74 Å². The van der Waals surface area contributed by atoms with Crippen molar-refractivity contribution in [3.05, 3.63) is 0 Å². The Morgan fingerprint density at radius 1 is 0.938 bits per heavy atom. The van der Waals surface area contributed by atoms with E-state index >= 15 is 0 Å². The molecule has 0 aromatic rings. The summed E-state index contributed by atoms with van der Waals surface area (Å²) >= 11 is 0. The lowest BCUT2D eigenvalue weighted by Gasteiger charge is -2.59. The second-order valence-corrected chi connectivity index (χ2v) is 5.93. The summed E-state index contributed by atoms with van der Waals surface area (Å²) < 4.78 is 4.91. The fraction of sp³-hybridized carbons (Fsp3) is 0.846. The molecule has 1 heterocycles. The lowest BCUT2D eigenvalue weighted by atomic mass is 9.39. The van der Waals surface area contributed by atoms with Crippen LogP contribution in [0.2, 0.25) is 0 Å². The summed E-state index contributed by atoms with van der Waals surface area (Å²) in [5.41, 5.74) is -1.06. The Hall–Kier alpha value is -0.860. The first-order valence-electron chi connectivity index (χ1n) is 6.29. The number of carbonyl (C=O) groups is 2. The van der Waals surface area contributed by atoms with E-state index in [9.17, 15) is 9.59 Å². The molecule has 3 heteroatoms. The molecule has 0 radical (unpaired) electrons. The van der Waals surface area contributed by atoms with E-state index in [4.69, 9.17) is 4.74 Å². The average molecular weight is 222 g/mol. The standard InChI is InChI=1S/C13H18O3/c1-12-8-6-4-3-5-7-9(8)13(12,2)11(15)16-10(12)14/h8-9H,3-7H2,1-2H3. The molecule has 88 valence electrons. The molecule has 0 bridgehead atoms. The van der Waals surface area contributed by atoms with Crippen LogP contribution in [0.4, 0.5) is 0 Å². The first-order valence-corrected chi connectivity index (χ1v) is 6.29. The molecule has 16 heavy (non-hydrogen) atoms. The van der Waals surface area contributed by atoms with Gasteiger partial charge in [-0.05, 0) is 38.5 Å². The van der Waals surface area contributed by atoms with E-state index in [1.165, 1.54) is 19.3 Å². The van der Waals surface area contributed by atoms with Crippen molar-refractivity contribution in [1.82, 2.24) is 0 Å². The molecule has 3 nitrogen and oxygen atoms in total. The fourth-order valence-electron chi connectivity index (χ4n) is 4.39. The molecule has 3 aliphatic rings. The topological polar surface area (TPSA) is 43.4 Å². The minimum absolute atomic E-state index is 0.275. The SMILES string of the molecule is CC12C(=O)OC(=O)C1(C)C1CCCCCC12. The summed E-state index contributed by atoms with van der Waals surface area (Å²) in [6.07, 6.45) is 5.78. The molecule has 0 N–H and O–H groups in total. The van der Waals surface area contributed by atoms with E-state index in [0.29, 0.717) is 11.8 Å². The van der Waals surface area contributed by atoms with Crippen molar-refractivity contribution in [2.75, 3.05) is 0 Å². The van der Waals surface area contributed by atoms with Gasteiger partial charge in [-0.25, -0.2) is 0 Å². The first-order chi connectivity index (χ1) is 7.53. The van der Waals surface area contributed by atoms with E-state index in [-0.39, 0.29) is 11.9 Å². The third kappa shape index (κ3) is 0.836. The van der Waals surface area contributed by atoms with Gasteiger partial charge >= 0.3 is 11.9 Å². The molecule has 2 saturated carbocycles. The van der Waals surface area contributed by atoms with Gasteiger partial charge in [-0.3, -0.25) is 9.59 Å². The molecule has 1 aliphatic heterocycles. The number of ether oxygens (including phenoxy) is 1. The molecular formula is C13H18O3. The van der Waals surface area contributed by atoms with Gasteiger partial charge in [0.25, 0.3) is 0 Å². The smallest absolute Gasteiger partial charge is 0.320 e. The molecule has 3 fully saturated rings. The predicted octanol–water partition coefficient (Wildman–Crippen LogP) is 2.29. The van der Waals surface area contributed by atoms with Gasteiger partial charge in [-0.1, -0.05) is 19.3 Å². The van der Waals surface area contributed by atoms with E-state index in [1.54, 1.807) is 0 Å². The summed E-state index contributed by atoms with van der Waals surface area (Å²) in [4.78, 5) is 23.8. The quantitative estimate of drug-likeness (QED) is 0.466. The molecule has 0 amide bonds. The molecule has 0 spiro atoms. The van der Waals surface area contributed by atoms with Gasteiger partial charge in [0.2, 0.25) is 0 Å². The number of carbonyl (C=O) groups excluding carboxylic acids is 2. The Morgan fingerprint density at radius 2 is 1.38 bits per heavy atom. The summed E-state index contributed by atoms with van der Waals surface area (Å²) in [5.74, 6) is 0.198. The van der Waals surface area contributed by atoms with Gasteiger partial charge in [0.1, 0.15) is 0 Å². The number of hydrogen-bond acceptors (Lipinski definition) is 3. The van der Waals surface area contributed by atoms with E-state index in [2.05, 4.69) is 0 Å². The van der Waals surface area contributed by atoms with Crippen LogP contribution in [0, 0.1) is 22.7 Å². The Balaban J connectivity index is 2.04. The third-order valence-corrected chi connectivity index (χ3v) is 5.61. The fourth-order valence-corrected chi connectivity index (χ4v) is 4.39. The Bertz CT molecular complexity index is 341. The van der Waals surface area contributed by atoms with Gasteiger partial charge in [0.15, 0.2) is 0 Å². The van der Waals surface area contributed by atoms with Crippen LogP contribution in [-0.2, 0) is 14.3 Å². The van der Waals surface area contributed by atoms with Crippen LogP contribution in [0.15, 0.2) is 0 Å². The van der Waals surface area contributed by atoms with Crippen LogP contribution < -0.4 is 0 Å². The van der Waals surface area contributed by atoms with Crippen LogP contribution in [0.5, 0.6) is 0 Å². The number of rotatable bonds is 0. The molecule has 4 atom stereocenters. The molecule has 2 aliphatic carbocycles. The number of esters is 2. The molecule has 4 unspecified atom stereocenters. The maximum absolute atomic E-state index is 11.9. The zero-order valence-corrected chi connectivity index (χ0v) is 9.91. The van der Waals surface area contributed by atoms with Gasteiger partial charge in [-0.2, -0.15) is 0 Å². The van der Waals surface area contributed by atoms with Crippen molar-refractivity contribution in [3.63, 3.8) is 0 Å². The van der Waals surface area contributed by atoms with Crippen molar-refractivity contribution < 1.29 is 14.3 Å². The number of hydrogen-bond donors (Lipinski definition) is 0. The molecule has 0 aromatic heterocycles. The summed E-state index contributed by atoms with van der Waals surface area (Å²) in [6.45, 7) is 3.87. The average Bonchev–Trinajstić information content (AvgIpc) is 2.48. The molecule has 0 aromatic carbocycles. The predicted molar refractivity (Wildman–Crippen MR) is 57.4 cm³/mol. The van der Waals surface area contributed by atoms with Crippen LogP contribution in [0.3, 0.4) is 0 Å². The van der Waals surface area contributed by atoms with Crippen LogP contribution >= 0.6 is 0 Å². The van der Waals surface area contributed by atoms with E-state index in [0.717, 1.165) is 12.8 Å². The highest BCUT2D eigenvalue weighted by Crippen LogP contribution is 2.71. The van der Waals surface area contributed by atoms with E-state index in [1.807, 2.05) is 13.8 Å². The van der Waals surface area contributed by atoms with Crippen LogP contribution in [-0.4, -0.2) is 11.9 Å². The van der Waals surface area contributed by atoms with Crippen molar-refractivity contribution >= 4 is 11.9 Å². The zero-order valence-electron chi connectivity index (χ0n) is 9.91. The van der Waals surface area contributed by atoms with Crippen LogP contribution in [0.25, 0.3) is 0 Å². The Morgan fingerprint density at radius 3 is 1.81 bits per heavy atom. The van der Waals surface area contributed by atoms with Crippen LogP contribution in [0.1, 0.15) is 46.0 Å². The minimum Gasteiger partial charge on any atom is -0.392 e. The van der Waals surface area contributed by atoms with Crippen molar-refractivity contribution in [2.45, 2.75) is 46.0 Å². The third-order valence-electron chi connectivity index (χ3n) is 5.61. The second-order valence-electron chi connectivity index (χ2n) is 5.93. The normalized spacial score (nSPS) is 51.1. The maximum atomic E-state index is 11.9.